The van der Waals surface area contributed by atoms with E-state index in [1.807, 2.05) is 6.92 Å². The molecule has 1 saturated carbocycles. The Hall–Kier alpha value is -1.88. The number of para-hydroxylation sites is 1. The molecule has 1 aromatic rings. The Labute approximate surface area is 111 Å². The highest BCUT2D eigenvalue weighted by Gasteiger charge is 2.43. The second-order valence-corrected chi connectivity index (χ2v) is 5.22. The molecule has 2 rings (SSSR count). The van der Waals surface area contributed by atoms with Gasteiger partial charge in [0.1, 0.15) is 0 Å². The SMILES string of the molecule is CC1(C(=O)Nc2ccccc2C(=O)O)CCCC1N. The van der Waals surface area contributed by atoms with Gasteiger partial charge in [-0.2, -0.15) is 0 Å². The number of nitrogens with one attached hydrogen (secondary N) is 1. The first-order valence-electron chi connectivity index (χ1n) is 6.34. The molecule has 5 nitrogen and oxygen atoms in total. The van der Waals surface area contributed by atoms with Gasteiger partial charge < -0.3 is 16.2 Å². The summed E-state index contributed by atoms with van der Waals surface area (Å²) in [7, 11) is 0. The number of hydrogen-bond acceptors (Lipinski definition) is 3. The van der Waals surface area contributed by atoms with E-state index in [-0.39, 0.29) is 17.5 Å². The van der Waals surface area contributed by atoms with Crippen molar-refractivity contribution in [3.8, 4) is 0 Å². The van der Waals surface area contributed by atoms with Gasteiger partial charge in [-0.3, -0.25) is 4.79 Å². The Kier molecular flexibility index (Phi) is 3.57. The number of anilines is 1. The molecule has 0 saturated heterocycles. The molecule has 0 spiro atoms. The van der Waals surface area contributed by atoms with E-state index in [9.17, 15) is 9.59 Å². The number of carbonyl (C=O) groups is 2. The lowest BCUT2D eigenvalue weighted by Gasteiger charge is -2.27. The van der Waals surface area contributed by atoms with E-state index in [0.29, 0.717) is 5.69 Å². The third-order valence-electron chi connectivity index (χ3n) is 3.95. The number of carboxylic acids is 1. The van der Waals surface area contributed by atoms with Gasteiger partial charge in [-0.25, -0.2) is 4.79 Å². The van der Waals surface area contributed by atoms with Crippen molar-refractivity contribution in [2.24, 2.45) is 11.1 Å². The first kappa shape index (κ1) is 13.5. The fraction of sp³-hybridized carbons (Fsp3) is 0.429. The molecule has 0 heterocycles. The molecule has 0 aromatic heterocycles. The van der Waals surface area contributed by atoms with E-state index in [2.05, 4.69) is 5.32 Å². The minimum Gasteiger partial charge on any atom is -0.478 e. The van der Waals surface area contributed by atoms with Crippen molar-refractivity contribution in [3.05, 3.63) is 29.8 Å². The molecule has 1 amide bonds. The van der Waals surface area contributed by atoms with Gasteiger partial charge in [0.05, 0.1) is 16.7 Å². The first-order valence-corrected chi connectivity index (χ1v) is 6.34. The normalized spacial score (nSPS) is 26.1. The van der Waals surface area contributed by atoms with E-state index in [4.69, 9.17) is 10.8 Å². The zero-order valence-electron chi connectivity index (χ0n) is 10.8. The smallest absolute Gasteiger partial charge is 0.337 e. The van der Waals surface area contributed by atoms with Crippen LogP contribution in [0.3, 0.4) is 0 Å². The Morgan fingerprint density at radius 1 is 1.42 bits per heavy atom. The average Bonchev–Trinajstić information content (AvgIpc) is 2.71. The molecule has 2 atom stereocenters. The van der Waals surface area contributed by atoms with Crippen LogP contribution in [-0.2, 0) is 4.79 Å². The molecule has 1 aliphatic carbocycles. The van der Waals surface area contributed by atoms with Crippen LogP contribution in [-0.4, -0.2) is 23.0 Å². The second-order valence-electron chi connectivity index (χ2n) is 5.22. The summed E-state index contributed by atoms with van der Waals surface area (Å²) >= 11 is 0. The van der Waals surface area contributed by atoms with Crippen LogP contribution in [0, 0.1) is 5.41 Å². The number of nitrogens with two attached hydrogens (primary N) is 1. The van der Waals surface area contributed by atoms with E-state index in [0.717, 1.165) is 19.3 Å². The Balaban J connectivity index is 2.22. The maximum atomic E-state index is 12.3. The zero-order valence-corrected chi connectivity index (χ0v) is 10.8. The van der Waals surface area contributed by atoms with Gasteiger partial charge in [0.15, 0.2) is 0 Å². The molecule has 1 aliphatic rings. The van der Waals surface area contributed by atoms with Crippen LogP contribution in [0.1, 0.15) is 36.5 Å². The van der Waals surface area contributed by atoms with Crippen molar-refractivity contribution in [1.82, 2.24) is 0 Å². The zero-order chi connectivity index (χ0) is 14.0. The van der Waals surface area contributed by atoms with Crippen molar-refractivity contribution >= 4 is 17.6 Å². The van der Waals surface area contributed by atoms with Crippen molar-refractivity contribution < 1.29 is 14.7 Å². The summed E-state index contributed by atoms with van der Waals surface area (Å²) < 4.78 is 0. The number of benzene rings is 1. The summed E-state index contributed by atoms with van der Waals surface area (Å²) in [5, 5.41) is 11.8. The molecule has 19 heavy (non-hydrogen) atoms. The van der Waals surface area contributed by atoms with Crippen LogP contribution < -0.4 is 11.1 Å². The number of amides is 1. The average molecular weight is 262 g/mol. The van der Waals surface area contributed by atoms with Gasteiger partial charge in [-0.1, -0.05) is 18.6 Å². The van der Waals surface area contributed by atoms with Gasteiger partial charge >= 0.3 is 5.97 Å². The quantitative estimate of drug-likeness (QED) is 0.775. The van der Waals surface area contributed by atoms with Gasteiger partial charge in [0.2, 0.25) is 5.91 Å². The molecule has 5 heteroatoms. The first-order chi connectivity index (χ1) is 8.95. The fourth-order valence-corrected chi connectivity index (χ4v) is 2.52. The Bertz CT molecular complexity index is 515. The van der Waals surface area contributed by atoms with Crippen molar-refractivity contribution in [2.45, 2.75) is 32.2 Å². The monoisotopic (exact) mass is 262 g/mol. The molecule has 2 unspecified atom stereocenters. The second kappa shape index (κ2) is 5.01. The van der Waals surface area contributed by atoms with Gasteiger partial charge in [0, 0.05) is 6.04 Å². The number of hydrogen-bond donors (Lipinski definition) is 3. The highest BCUT2D eigenvalue weighted by Crippen LogP contribution is 2.37. The molecular formula is C14H18N2O3. The minimum atomic E-state index is -1.06. The van der Waals surface area contributed by atoms with E-state index in [1.165, 1.54) is 6.07 Å². The molecular weight excluding hydrogens is 244 g/mol. The van der Waals surface area contributed by atoms with Crippen LogP contribution in [0.5, 0.6) is 0 Å². The number of carboxylic acid groups (broad SMARTS) is 1. The predicted molar refractivity (Wildman–Crippen MR) is 72.0 cm³/mol. The standard InChI is InChI=1S/C14H18N2O3/c1-14(8-4-7-11(14)15)13(19)16-10-6-3-2-5-9(10)12(17)18/h2-3,5-6,11H,4,7-8,15H2,1H3,(H,16,19)(H,17,18). The molecule has 4 N–H and O–H groups in total. The Morgan fingerprint density at radius 3 is 2.68 bits per heavy atom. The maximum Gasteiger partial charge on any atom is 0.337 e. The lowest BCUT2D eigenvalue weighted by atomic mass is 9.84. The van der Waals surface area contributed by atoms with Crippen LogP contribution in [0.25, 0.3) is 0 Å². The van der Waals surface area contributed by atoms with E-state index < -0.39 is 11.4 Å². The maximum absolute atomic E-state index is 12.3. The van der Waals surface area contributed by atoms with Gasteiger partial charge in [0.25, 0.3) is 0 Å². The topological polar surface area (TPSA) is 92.4 Å². The van der Waals surface area contributed by atoms with Crippen LogP contribution in [0.4, 0.5) is 5.69 Å². The summed E-state index contributed by atoms with van der Waals surface area (Å²) in [6.07, 6.45) is 2.48. The molecule has 1 aromatic carbocycles. The highest BCUT2D eigenvalue weighted by molar-refractivity contribution is 6.02. The summed E-state index contributed by atoms with van der Waals surface area (Å²) in [6.45, 7) is 1.84. The summed E-state index contributed by atoms with van der Waals surface area (Å²) in [5.74, 6) is -1.26. The van der Waals surface area contributed by atoms with Crippen LogP contribution in [0.2, 0.25) is 0 Å². The lowest BCUT2D eigenvalue weighted by molar-refractivity contribution is -0.125. The van der Waals surface area contributed by atoms with Crippen LogP contribution >= 0.6 is 0 Å². The largest absolute Gasteiger partial charge is 0.478 e. The summed E-state index contributed by atoms with van der Waals surface area (Å²) in [6, 6.07) is 6.20. The van der Waals surface area contributed by atoms with E-state index in [1.54, 1.807) is 18.2 Å². The summed E-state index contributed by atoms with van der Waals surface area (Å²) in [4.78, 5) is 23.4. The highest BCUT2D eigenvalue weighted by atomic mass is 16.4. The number of rotatable bonds is 3. The Morgan fingerprint density at radius 2 is 2.11 bits per heavy atom. The number of carbonyl (C=O) groups excluding carboxylic acids is 1. The van der Waals surface area contributed by atoms with Gasteiger partial charge in [-0.15, -0.1) is 0 Å². The third kappa shape index (κ3) is 2.46. The third-order valence-corrected chi connectivity index (χ3v) is 3.95. The molecule has 0 radical (unpaired) electrons. The molecule has 0 bridgehead atoms. The van der Waals surface area contributed by atoms with Gasteiger partial charge in [-0.05, 0) is 31.9 Å². The van der Waals surface area contributed by atoms with Crippen molar-refractivity contribution in [1.29, 1.82) is 0 Å². The van der Waals surface area contributed by atoms with E-state index >= 15 is 0 Å². The van der Waals surface area contributed by atoms with Crippen LogP contribution in [0.15, 0.2) is 24.3 Å². The molecule has 102 valence electrons. The molecule has 1 fully saturated rings. The minimum absolute atomic E-state index is 0.0889. The van der Waals surface area contributed by atoms with Crippen molar-refractivity contribution in [3.63, 3.8) is 0 Å². The summed E-state index contributed by atoms with van der Waals surface area (Å²) in [5.41, 5.74) is 5.78. The molecule has 0 aliphatic heterocycles. The lowest BCUT2D eigenvalue weighted by Crippen LogP contribution is -2.44. The van der Waals surface area contributed by atoms with Crippen molar-refractivity contribution in [2.75, 3.05) is 5.32 Å². The predicted octanol–water partition coefficient (Wildman–Crippen LogP) is 1.84. The fourth-order valence-electron chi connectivity index (χ4n) is 2.52. The number of aromatic carboxylic acids is 1.